The standard InChI is InChI=1S/C15H20N2O3/c1-5-10(13(16)18)17-11-8-9(2)6-7-12(11)20-15(3,4)14(17)19/h6-8,10H,5H2,1-4H3,(H2,16,18). The molecule has 0 bridgehead atoms. The molecule has 1 aliphatic rings. The van der Waals surface area contributed by atoms with Gasteiger partial charge >= 0.3 is 0 Å². The third-order valence-corrected chi connectivity index (χ3v) is 3.50. The molecule has 1 atom stereocenters. The van der Waals surface area contributed by atoms with E-state index in [-0.39, 0.29) is 5.91 Å². The fourth-order valence-corrected chi connectivity index (χ4v) is 2.44. The van der Waals surface area contributed by atoms with Crippen LogP contribution in [0.3, 0.4) is 0 Å². The lowest BCUT2D eigenvalue weighted by Crippen LogP contribution is -2.58. The second kappa shape index (κ2) is 4.81. The summed E-state index contributed by atoms with van der Waals surface area (Å²) in [6, 6.07) is 4.91. The number of nitrogens with zero attached hydrogens (tertiary/aromatic N) is 1. The van der Waals surface area contributed by atoms with Crippen LogP contribution < -0.4 is 15.4 Å². The van der Waals surface area contributed by atoms with Crippen LogP contribution >= 0.6 is 0 Å². The van der Waals surface area contributed by atoms with Gasteiger partial charge in [-0.05, 0) is 44.9 Å². The van der Waals surface area contributed by atoms with Crippen molar-refractivity contribution in [3.05, 3.63) is 23.8 Å². The van der Waals surface area contributed by atoms with Gasteiger partial charge in [0.25, 0.3) is 5.91 Å². The largest absolute Gasteiger partial charge is 0.476 e. The van der Waals surface area contributed by atoms with Gasteiger partial charge in [-0.15, -0.1) is 0 Å². The first kappa shape index (κ1) is 14.4. The van der Waals surface area contributed by atoms with Crippen molar-refractivity contribution in [2.24, 2.45) is 5.73 Å². The smallest absolute Gasteiger partial charge is 0.271 e. The number of amides is 2. The van der Waals surface area contributed by atoms with E-state index in [1.807, 2.05) is 32.0 Å². The Labute approximate surface area is 118 Å². The predicted octanol–water partition coefficient (Wildman–Crippen LogP) is 1.76. The fraction of sp³-hybridized carbons (Fsp3) is 0.467. The highest BCUT2D eigenvalue weighted by atomic mass is 16.5. The topological polar surface area (TPSA) is 72.6 Å². The van der Waals surface area contributed by atoms with Gasteiger partial charge < -0.3 is 10.5 Å². The minimum atomic E-state index is -1.01. The van der Waals surface area contributed by atoms with E-state index >= 15 is 0 Å². The summed E-state index contributed by atoms with van der Waals surface area (Å²) >= 11 is 0. The number of benzene rings is 1. The third kappa shape index (κ3) is 2.24. The molecule has 108 valence electrons. The zero-order valence-corrected chi connectivity index (χ0v) is 12.3. The molecule has 5 nitrogen and oxygen atoms in total. The monoisotopic (exact) mass is 276 g/mol. The predicted molar refractivity (Wildman–Crippen MR) is 76.6 cm³/mol. The molecule has 0 fully saturated rings. The van der Waals surface area contributed by atoms with Crippen LogP contribution in [0.1, 0.15) is 32.8 Å². The van der Waals surface area contributed by atoms with E-state index in [0.29, 0.717) is 17.9 Å². The SMILES string of the molecule is CCC(C(N)=O)N1C(=O)C(C)(C)Oc2ccc(C)cc21. The Balaban J connectivity index is 2.61. The molecule has 1 aliphatic heterocycles. The summed E-state index contributed by atoms with van der Waals surface area (Å²) in [5, 5.41) is 0. The maximum atomic E-state index is 12.6. The normalized spacial score (nSPS) is 18.2. The van der Waals surface area contributed by atoms with Gasteiger partial charge in [0.15, 0.2) is 5.60 Å². The number of carbonyl (C=O) groups excluding carboxylic acids is 2. The molecule has 0 radical (unpaired) electrons. The lowest BCUT2D eigenvalue weighted by Gasteiger charge is -2.41. The van der Waals surface area contributed by atoms with Crippen molar-refractivity contribution < 1.29 is 14.3 Å². The summed E-state index contributed by atoms with van der Waals surface area (Å²) in [5.74, 6) is -0.160. The van der Waals surface area contributed by atoms with Crippen LogP contribution in [0.5, 0.6) is 5.75 Å². The molecule has 1 unspecified atom stereocenters. The Morgan fingerprint density at radius 2 is 2.10 bits per heavy atom. The number of rotatable bonds is 3. The Bertz CT molecular complexity index is 566. The molecule has 1 aromatic rings. The first-order valence-corrected chi connectivity index (χ1v) is 6.70. The molecular formula is C15H20N2O3. The Hall–Kier alpha value is -2.04. The van der Waals surface area contributed by atoms with Crippen LogP contribution in [0.25, 0.3) is 0 Å². The van der Waals surface area contributed by atoms with E-state index in [2.05, 4.69) is 0 Å². The second-order valence-corrected chi connectivity index (χ2v) is 5.59. The zero-order chi connectivity index (χ0) is 15.1. The van der Waals surface area contributed by atoms with Crippen molar-refractivity contribution in [3.63, 3.8) is 0 Å². The van der Waals surface area contributed by atoms with Gasteiger partial charge in [-0.25, -0.2) is 0 Å². The van der Waals surface area contributed by atoms with Gasteiger partial charge in [0.1, 0.15) is 11.8 Å². The average molecular weight is 276 g/mol. The number of carbonyl (C=O) groups is 2. The molecular weight excluding hydrogens is 256 g/mol. The van der Waals surface area contributed by atoms with Crippen molar-refractivity contribution in [2.45, 2.75) is 45.8 Å². The molecule has 0 saturated carbocycles. The second-order valence-electron chi connectivity index (χ2n) is 5.59. The number of ether oxygens (including phenoxy) is 1. The molecule has 5 heteroatoms. The summed E-state index contributed by atoms with van der Waals surface area (Å²) in [5.41, 5.74) is 6.04. The van der Waals surface area contributed by atoms with Crippen LogP contribution in [-0.4, -0.2) is 23.5 Å². The maximum absolute atomic E-state index is 12.6. The van der Waals surface area contributed by atoms with Gasteiger partial charge in [0.05, 0.1) is 5.69 Å². The van der Waals surface area contributed by atoms with Crippen molar-refractivity contribution >= 4 is 17.5 Å². The van der Waals surface area contributed by atoms with Crippen molar-refractivity contribution in [3.8, 4) is 5.75 Å². The molecule has 2 amide bonds. The van der Waals surface area contributed by atoms with Crippen LogP contribution in [0, 0.1) is 6.92 Å². The van der Waals surface area contributed by atoms with E-state index in [0.717, 1.165) is 5.56 Å². The number of aryl methyl sites for hydroxylation is 1. The van der Waals surface area contributed by atoms with Crippen LogP contribution in [-0.2, 0) is 9.59 Å². The molecule has 0 spiro atoms. The molecule has 2 N–H and O–H groups in total. The van der Waals surface area contributed by atoms with E-state index in [1.54, 1.807) is 13.8 Å². The summed E-state index contributed by atoms with van der Waals surface area (Å²) in [4.78, 5) is 25.8. The van der Waals surface area contributed by atoms with E-state index in [9.17, 15) is 9.59 Å². The molecule has 2 rings (SSSR count). The fourth-order valence-electron chi connectivity index (χ4n) is 2.44. The number of nitrogens with two attached hydrogens (primary N) is 1. The van der Waals surface area contributed by atoms with E-state index in [4.69, 9.17) is 10.5 Å². The minimum absolute atomic E-state index is 0.249. The summed E-state index contributed by atoms with van der Waals surface area (Å²) in [6.07, 6.45) is 0.463. The first-order chi connectivity index (χ1) is 9.27. The molecule has 20 heavy (non-hydrogen) atoms. The van der Waals surface area contributed by atoms with Crippen molar-refractivity contribution in [2.75, 3.05) is 4.90 Å². The Kier molecular flexibility index (Phi) is 3.46. The van der Waals surface area contributed by atoms with Gasteiger partial charge in [-0.3, -0.25) is 14.5 Å². The Morgan fingerprint density at radius 3 is 2.65 bits per heavy atom. The van der Waals surface area contributed by atoms with Gasteiger partial charge in [0.2, 0.25) is 5.91 Å². The lowest BCUT2D eigenvalue weighted by molar-refractivity contribution is -0.135. The van der Waals surface area contributed by atoms with Crippen molar-refractivity contribution in [1.29, 1.82) is 0 Å². The number of fused-ring (bicyclic) bond motifs is 1. The van der Waals surface area contributed by atoms with E-state index < -0.39 is 17.6 Å². The highest BCUT2D eigenvalue weighted by molar-refractivity contribution is 6.06. The summed E-state index contributed by atoms with van der Waals surface area (Å²) in [7, 11) is 0. The minimum Gasteiger partial charge on any atom is -0.476 e. The zero-order valence-electron chi connectivity index (χ0n) is 12.3. The average Bonchev–Trinajstić information content (AvgIpc) is 2.35. The van der Waals surface area contributed by atoms with Gasteiger partial charge in [-0.1, -0.05) is 13.0 Å². The molecule has 1 aromatic carbocycles. The van der Waals surface area contributed by atoms with Crippen LogP contribution in [0.4, 0.5) is 5.69 Å². The number of hydrogen-bond acceptors (Lipinski definition) is 3. The van der Waals surface area contributed by atoms with Crippen molar-refractivity contribution in [1.82, 2.24) is 0 Å². The lowest BCUT2D eigenvalue weighted by atomic mass is 9.99. The van der Waals surface area contributed by atoms with Crippen LogP contribution in [0.15, 0.2) is 18.2 Å². The first-order valence-electron chi connectivity index (χ1n) is 6.70. The Morgan fingerprint density at radius 1 is 1.45 bits per heavy atom. The number of anilines is 1. The van der Waals surface area contributed by atoms with Gasteiger partial charge in [-0.2, -0.15) is 0 Å². The van der Waals surface area contributed by atoms with Gasteiger partial charge in [0, 0.05) is 0 Å². The quantitative estimate of drug-likeness (QED) is 0.914. The number of hydrogen-bond donors (Lipinski definition) is 1. The molecule has 0 aromatic heterocycles. The number of primary amides is 1. The summed E-state index contributed by atoms with van der Waals surface area (Å²) in [6.45, 7) is 7.15. The third-order valence-electron chi connectivity index (χ3n) is 3.50. The summed E-state index contributed by atoms with van der Waals surface area (Å²) < 4.78 is 5.75. The molecule has 0 saturated heterocycles. The maximum Gasteiger partial charge on any atom is 0.271 e. The molecule has 1 heterocycles. The van der Waals surface area contributed by atoms with Crippen LogP contribution in [0.2, 0.25) is 0 Å². The molecule has 0 aliphatic carbocycles. The highest BCUT2D eigenvalue weighted by Gasteiger charge is 2.44. The van der Waals surface area contributed by atoms with E-state index in [1.165, 1.54) is 4.90 Å². The highest BCUT2D eigenvalue weighted by Crippen LogP contribution is 2.39.